The molecule has 0 bridgehead atoms. The summed E-state index contributed by atoms with van der Waals surface area (Å²) in [6.07, 6.45) is 4.72. The molecular formula is C18H29N3O. The van der Waals surface area contributed by atoms with Gasteiger partial charge in [0, 0.05) is 31.4 Å². The molecule has 1 aromatic rings. The molecule has 122 valence electrons. The summed E-state index contributed by atoms with van der Waals surface area (Å²) in [5, 5.41) is 6.45. The fourth-order valence-electron chi connectivity index (χ4n) is 2.99. The molecule has 22 heavy (non-hydrogen) atoms. The largest absolute Gasteiger partial charge is 0.375 e. The van der Waals surface area contributed by atoms with E-state index in [9.17, 15) is 4.79 Å². The molecule has 1 aliphatic rings. The van der Waals surface area contributed by atoms with Gasteiger partial charge >= 0.3 is 0 Å². The Bertz CT molecular complexity index is 452. The molecule has 1 saturated heterocycles. The molecule has 0 radical (unpaired) electrons. The van der Waals surface area contributed by atoms with E-state index in [4.69, 9.17) is 0 Å². The van der Waals surface area contributed by atoms with Crippen LogP contribution in [0.25, 0.3) is 0 Å². The van der Waals surface area contributed by atoms with Crippen molar-refractivity contribution >= 4 is 11.6 Å². The maximum absolute atomic E-state index is 12.2. The van der Waals surface area contributed by atoms with Crippen LogP contribution in [0.5, 0.6) is 0 Å². The summed E-state index contributed by atoms with van der Waals surface area (Å²) >= 11 is 0. The number of piperidine rings is 1. The Morgan fingerprint density at radius 2 is 2.14 bits per heavy atom. The number of carbonyl (C=O) groups is 1. The van der Waals surface area contributed by atoms with Gasteiger partial charge in [0.25, 0.3) is 5.91 Å². The third-order valence-electron chi connectivity index (χ3n) is 4.37. The number of rotatable bonds is 7. The highest BCUT2D eigenvalue weighted by Crippen LogP contribution is 2.15. The van der Waals surface area contributed by atoms with Crippen molar-refractivity contribution in [3.8, 4) is 0 Å². The molecule has 0 saturated carbocycles. The van der Waals surface area contributed by atoms with Gasteiger partial charge in [-0.1, -0.05) is 6.92 Å². The number of benzene rings is 1. The van der Waals surface area contributed by atoms with Gasteiger partial charge in [-0.3, -0.25) is 4.79 Å². The van der Waals surface area contributed by atoms with E-state index in [-0.39, 0.29) is 5.91 Å². The smallest absolute Gasteiger partial charge is 0.251 e. The number of nitrogens with one attached hydrogen (secondary N) is 2. The number of nitrogens with zero attached hydrogens (tertiary/aromatic N) is 1. The average molecular weight is 303 g/mol. The number of amides is 1. The van der Waals surface area contributed by atoms with E-state index < -0.39 is 0 Å². The third-order valence-corrected chi connectivity index (χ3v) is 4.37. The molecule has 0 aromatic heterocycles. The van der Waals surface area contributed by atoms with Crippen molar-refractivity contribution in [2.24, 2.45) is 5.92 Å². The molecule has 4 heteroatoms. The maximum Gasteiger partial charge on any atom is 0.251 e. The lowest BCUT2D eigenvalue weighted by atomic mass is 9.96. The summed E-state index contributed by atoms with van der Waals surface area (Å²) < 4.78 is 0. The minimum Gasteiger partial charge on any atom is -0.375 e. The highest BCUT2D eigenvalue weighted by atomic mass is 16.1. The van der Waals surface area contributed by atoms with Crippen LogP contribution in [0.15, 0.2) is 24.3 Å². The summed E-state index contributed by atoms with van der Waals surface area (Å²) in [7, 11) is 2.08. The summed E-state index contributed by atoms with van der Waals surface area (Å²) in [5.41, 5.74) is 1.90. The van der Waals surface area contributed by atoms with Crippen LogP contribution in [0.4, 0.5) is 5.69 Å². The summed E-state index contributed by atoms with van der Waals surface area (Å²) in [5.74, 6) is 0.743. The van der Waals surface area contributed by atoms with Gasteiger partial charge in [0.05, 0.1) is 0 Å². The van der Waals surface area contributed by atoms with Gasteiger partial charge in [-0.25, -0.2) is 0 Å². The number of hydrogen-bond acceptors (Lipinski definition) is 3. The van der Waals surface area contributed by atoms with Crippen LogP contribution in [0, 0.1) is 5.92 Å². The van der Waals surface area contributed by atoms with E-state index in [0.29, 0.717) is 5.92 Å². The molecule has 1 aromatic carbocycles. The number of hydrogen-bond donors (Lipinski definition) is 2. The lowest BCUT2D eigenvalue weighted by Gasteiger charge is -2.22. The second kappa shape index (κ2) is 8.79. The Morgan fingerprint density at radius 1 is 1.36 bits per heavy atom. The first-order chi connectivity index (χ1) is 10.7. The van der Waals surface area contributed by atoms with Crippen LogP contribution in [-0.4, -0.2) is 39.1 Å². The van der Waals surface area contributed by atoms with Crippen molar-refractivity contribution in [1.29, 1.82) is 0 Å². The molecule has 1 unspecified atom stereocenters. The monoisotopic (exact) mass is 303 g/mol. The van der Waals surface area contributed by atoms with Crippen molar-refractivity contribution < 1.29 is 4.79 Å². The van der Waals surface area contributed by atoms with Crippen LogP contribution in [0.1, 0.15) is 43.0 Å². The predicted octanol–water partition coefficient (Wildman–Crippen LogP) is 2.65. The maximum atomic E-state index is 12.2. The van der Waals surface area contributed by atoms with Gasteiger partial charge in [0.15, 0.2) is 0 Å². The van der Waals surface area contributed by atoms with Crippen LogP contribution < -0.4 is 15.5 Å². The fraction of sp³-hybridized carbons (Fsp3) is 0.611. The second-order valence-corrected chi connectivity index (χ2v) is 6.23. The Kier molecular flexibility index (Phi) is 6.72. The van der Waals surface area contributed by atoms with Crippen molar-refractivity contribution in [2.45, 2.75) is 32.6 Å². The molecule has 1 aliphatic heterocycles. The average Bonchev–Trinajstić information content (AvgIpc) is 2.56. The Hall–Kier alpha value is -1.55. The number of carbonyl (C=O) groups excluding carboxylic acids is 1. The molecule has 0 aliphatic carbocycles. The van der Waals surface area contributed by atoms with Gasteiger partial charge in [-0.15, -0.1) is 0 Å². The van der Waals surface area contributed by atoms with E-state index in [0.717, 1.165) is 50.3 Å². The van der Waals surface area contributed by atoms with Gasteiger partial charge in [-0.2, -0.15) is 0 Å². The summed E-state index contributed by atoms with van der Waals surface area (Å²) in [6, 6.07) is 7.88. The second-order valence-electron chi connectivity index (χ2n) is 6.23. The van der Waals surface area contributed by atoms with Crippen LogP contribution in [0.2, 0.25) is 0 Å². The Morgan fingerprint density at radius 3 is 2.77 bits per heavy atom. The number of anilines is 1. The topological polar surface area (TPSA) is 44.4 Å². The summed E-state index contributed by atoms with van der Waals surface area (Å²) in [6.45, 7) is 6.19. The Labute approximate surface area is 134 Å². The first kappa shape index (κ1) is 16.8. The first-order valence-electron chi connectivity index (χ1n) is 8.51. The SMILES string of the molecule is CCCN(C)c1ccc(C(=O)NCCC2CCCNC2)cc1. The molecule has 1 fully saturated rings. The molecule has 0 spiro atoms. The van der Waals surface area contributed by atoms with Gasteiger partial charge in [0.1, 0.15) is 0 Å². The van der Waals surface area contributed by atoms with Crippen molar-refractivity contribution in [1.82, 2.24) is 10.6 Å². The zero-order chi connectivity index (χ0) is 15.8. The van der Waals surface area contributed by atoms with Crippen molar-refractivity contribution in [3.63, 3.8) is 0 Å². The Balaban J connectivity index is 1.77. The van der Waals surface area contributed by atoms with E-state index >= 15 is 0 Å². The van der Waals surface area contributed by atoms with Crippen LogP contribution >= 0.6 is 0 Å². The molecular weight excluding hydrogens is 274 g/mol. The highest BCUT2D eigenvalue weighted by molar-refractivity contribution is 5.94. The molecule has 1 atom stereocenters. The molecule has 1 heterocycles. The van der Waals surface area contributed by atoms with E-state index in [2.05, 4.69) is 29.5 Å². The third kappa shape index (κ3) is 5.02. The predicted molar refractivity (Wildman–Crippen MR) is 92.5 cm³/mol. The highest BCUT2D eigenvalue weighted by Gasteiger charge is 2.13. The summed E-state index contributed by atoms with van der Waals surface area (Å²) in [4.78, 5) is 14.4. The van der Waals surface area contributed by atoms with Gasteiger partial charge < -0.3 is 15.5 Å². The lowest BCUT2D eigenvalue weighted by Crippen LogP contribution is -2.33. The zero-order valence-corrected chi connectivity index (χ0v) is 13.9. The zero-order valence-electron chi connectivity index (χ0n) is 13.9. The molecule has 2 rings (SSSR count). The van der Waals surface area contributed by atoms with Crippen molar-refractivity contribution in [2.75, 3.05) is 38.1 Å². The van der Waals surface area contributed by atoms with Crippen molar-refractivity contribution in [3.05, 3.63) is 29.8 Å². The van der Waals surface area contributed by atoms with Gasteiger partial charge in [-0.05, 0) is 69.0 Å². The fourth-order valence-corrected chi connectivity index (χ4v) is 2.99. The normalized spacial score (nSPS) is 18.0. The molecule has 1 amide bonds. The van der Waals surface area contributed by atoms with E-state index in [1.807, 2.05) is 24.3 Å². The van der Waals surface area contributed by atoms with Gasteiger partial charge in [0.2, 0.25) is 0 Å². The lowest BCUT2D eigenvalue weighted by molar-refractivity contribution is 0.0950. The first-order valence-corrected chi connectivity index (χ1v) is 8.51. The van der Waals surface area contributed by atoms with E-state index in [1.54, 1.807) is 0 Å². The minimum absolute atomic E-state index is 0.0356. The van der Waals surface area contributed by atoms with Crippen LogP contribution in [0.3, 0.4) is 0 Å². The molecule has 4 nitrogen and oxygen atoms in total. The standard InChI is InChI=1S/C18H29N3O/c1-3-13-21(2)17-8-6-16(7-9-17)18(22)20-12-10-15-5-4-11-19-14-15/h6-9,15,19H,3-5,10-14H2,1-2H3,(H,20,22). The van der Waals surface area contributed by atoms with E-state index in [1.165, 1.54) is 12.8 Å². The quantitative estimate of drug-likeness (QED) is 0.814. The van der Waals surface area contributed by atoms with Crippen LogP contribution in [-0.2, 0) is 0 Å². The molecule has 2 N–H and O–H groups in total. The minimum atomic E-state index is 0.0356.